The van der Waals surface area contributed by atoms with E-state index in [1.54, 1.807) is 0 Å². The van der Waals surface area contributed by atoms with Crippen molar-refractivity contribution >= 4 is 5.95 Å². The minimum Gasteiger partial charge on any atom is -0.340 e. The van der Waals surface area contributed by atoms with Gasteiger partial charge in [0, 0.05) is 32.9 Å². The van der Waals surface area contributed by atoms with E-state index in [0.29, 0.717) is 5.92 Å². The monoisotopic (exact) mass is 390 g/mol. The third-order valence-corrected chi connectivity index (χ3v) is 5.70. The van der Waals surface area contributed by atoms with Gasteiger partial charge in [-0.25, -0.2) is 4.68 Å². The van der Waals surface area contributed by atoms with Crippen LogP contribution < -0.4 is 4.90 Å². The molecule has 0 spiro atoms. The summed E-state index contributed by atoms with van der Waals surface area (Å²) in [5, 5.41) is 26.3. The number of hydrogen-bond acceptors (Lipinski definition) is 6. The van der Waals surface area contributed by atoms with E-state index in [1.807, 2.05) is 47.0 Å². The fraction of sp³-hybridized carbons (Fsp3) is 0.476. The normalized spacial score (nSPS) is 15.9. The Kier molecular flexibility index (Phi) is 5.84. The van der Waals surface area contributed by atoms with Gasteiger partial charge in [0.25, 0.3) is 0 Å². The van der Waals surface area contributed by atoms with Crippen molar-refractivity contribution in [2.45, 2.75) is 38.1 Å². The average Bonchev–Trinajstić information content (AvgIpc) is 3.39. The van der Waals surface area contributed by atoms with Crippen molar-refractivity contribution < 1.29 is 0 Å². The summed E-state index contributed by atoms with van der Waals surface area (Å²) < 4.78 is 3.72. The summed E-state index contributed by atoms with van der Waals surface area (Å²) in [6.07, 6.45) is 7.80. The van der Waals surface area contributed by atoms with Crippen molar-refractivity contribution in [3.8, 4) is 6.07 Å². The number of aromatic nitrogens is 6. The third kappa shape index (κ3) is 4.45. The lowest BCUT2D eigenvalue weighted by molar-refractivity contribution is 0.372. The number of rotatable bonds is 7. The summed E-state index contributed by atoms with van der Waals surface area (Å²) in [6.45, 7) is 2.53. The smallest absolute Gasteiger partial charge is 0.245 e. The number of piperidine rings is 1. The fourth-order valence-electron chi connectivity index (χ4n) is 4.15. The number of benzene rings is 1. The predicted octanol–water partition coefficient (Wildman–Crippen LogP) is 2.56. The molecule has 1 aliphatic rings. The standard InChI is InChI=1S/C21H26N8/c1-27-16-17(15-23-27)6-5-11-29-21(24-25-26-29)28-12-9-19(10-13-28)20(14-22)18-7-3-2-4-8-18/h2-4,7-8,15-16,19-20H,5-6,9-13H2,1H3. The molecule has 0 radical (unpaired) electrons. The zero-order chi connectivity index (χ0) is 20.1. The van der Waals surface area contributed by atoms with Crippen molar-refractivity contribution in [3.05, 3.63) is 53.9 Å². The fourth-order valence-corrected chi connectivity index (χ4v) is 4.15. The molecule has 0 amide bonds. The summed E-state index contributed by atoms with van der Waals surface area (Å²) in [5.41, 5.74) is 2.35. The second-order valence-electron chi connectivity index (χ2n) is 7.67. The van der Waals surface area contributed by atoms with Crippen LogP contribution in [0, 0.1) is 17.2 Å². The Labute approximate surface area is 170 Å². The Hall–Kier alpha value is -3.21. The SMILES string of the molecule is Cn1cc(CCCn2nnnc2N2CCC(C(C#N)c3ccccc3)CC2)cn1. The molecule has 150 valence electrons. The molecule has 0 N–H and O–H groups in total. The van der Waals surface area contributed by atoms with Gasteiger partial charge >= 0.3 is 0 Å². The first-order chi connectivity index (χ1) is 14.2. The van der Waals surface area contributed by atoms with Gasteiger partial charge in [-0.1, -0.05) is 35.4 Å². The molecule has 1 saturated heterocycles. The molecule has 0 bridgehead atoms. The van der Waals surface area contributed by atoms with Gasteiger partial charge < -0.3 is 4.90 Å². The van der Waals surface area contributed by atoms with Crippen LogP contribution in [0.4, 0.5) is 5.95 Å². The zero-order valence-electron chi connectivity index (χ0n) is 16.7. The van der Waals surface area contributed by atoms with Crippen LogP contribution in [-0.4, -0.2) is 43.1 Å². The van der Waals surface area contributed by atoms with Crippen molar-refractivity contribution in [2.75, 3.05) is 18.0 Å². The lowest BCUT2D eigenvalue weighted by Gasteiger charge is -2.34. The Morgan fingerprint density at radius 1 is 1.21 bits per heavy atom. The Balaban J connectivity index is 1.33. The first-order valence-electron chi connectivity index (χ1n) is 10.2. The van der Waals surface area contributed by atoms with E-state index in [4.69, 9.17) is 0 Å². The molecule has 1 aromatic carbocycles. The maximum absolute atomic E-state index is 9.71. The molecule has 1 fully saturated rings. The third-order valence-electron chi connectivity index (χ3n) is 5.70. The van der Waals surface area contributed by atoms with E-state index in [9.17, 15) is 5.26 Å². The summed E-state index contributed by atoms with van der Waals surface area (Å²) in [7, 11) is 1.93. The maximum Gasteiger partial charge on any atom is 0.245 e. The highest BCUT2D eigenvalue weighted by Gasteiger charge is 2.29. The zero-order valence-corrected chi connectivity index (χ0v) is 16.7. The molecule has 0 saturated carbocycles. The van der Waals surface area contributed by atoms with E-state index in [2.05, 4.69) is 43.7 Å². The van der Waals surface area contributed by atoms with Crippen molar-refractivity contribution in [3.63, 3.8) is 0 Å². The Morgan fingerprint density at radius 3 is 2.69 bits per heavy atom. The maximum atomic E-state index is 9.71. The highest BCUT2D eigenvalue weighted by Crippen LogP contribution is 2.33. The number of aryl methyl sites for hydroxylation is 3. The second-order valence-corrected chi connectivity index (χ2v) is 7.67. The molecule has 0 aliphatic carbocycles. The van der Waals surface area contributed by atoms with Gasteiger partial charge in [0.2, 0.25) is 5.95 Å². The minimum atomic E-state index is -0.0474. The second kappa shape index (κ2) is 8.86. The molecule has 1 atom stereocenters. The van der Waals surface area contributed by atoms with E-state index >= 15 is 0 Å². The van der Waals surface area contributed by atoms with E-state index in [0.717, 1.165) is 56.8 Å². The van der Waals surface area contributed by atoms with Crippen LogP contribution in [0.1, 0.15) is 36.3 Å². The lowest BCUT2D eigenvalue weighted by atomic mass is 9.81. The molecular weight excluding hydrogens is 364 g/mol. The highest BCUT2D eigenvalue weighted by molar-refractivity contribution is 5.31. The van der Waals surface area contributed by atoms with Crippen LogP contribution in [0.25, 0.3) is 0 Å². The van der Waals surface area contributed by atoms with Gasteiger partial charge in [0.1, 0.15) is 0 Å². The summed E-state index contributed by atoms with van der Waals surface area (Å²) in [5.74, 6) is 1.16. The molecule has 3 aromatic rings. The molecule has 29 heavy (non-hydrogen) atoms. The molecule has 8 nitrogen and oxygen atoms in total. The quantitative estimate of drug-likeness (QED) is 0.616. The van der Waals surface area contributed by atoms with Gasteiger partial charge in [-0.15, -0.1) is 0 Å². The molecule has 1 aliphatic heterocycles. The van der Waals surface area contributed by atoms with E-state index in [-0.39, 0.29) is 5.92 Å². The topological polar surface area (TPSA) is 88.5 Å². The molecule has 1 unspecified atom stereocenters. The van der Waals surface area contributed by atoms with Crippen LogP contribution in [0.2, 0.25) is 0 Å². The summed E-state index contributed by atoms with van der Waals surface area (Å²) in [6, 6.07) is 12.7. The number of nitriles is 1. The summed E-state index contributed by atoms with van der Waals surface area (Å²) in [4.78, 5) is 2.25. The summed E-state index contributed by atoms with van der Waals surface area (Å²) >= 11 is 0. The first-order valence-corrected chi connectivity index (χ1v) is 10.2. The highest BCUT2D eigenvalue weighted by atomic mass is 15.6. The van der Waals surface area contributed by atoms with Crippen molar-refractivity contribution in [1.82, 2.24) is 30.0 Å². The van der Waals surface area contributed by atoms with Crippen molar-refractivity contribution in [2.24, 2.45) is 13.0 Å². The minimum absolute atomic E-state index is 0.0474. The van der Waals surface area contributed by atoms with Crippen LogP contribution in [0.15, 0.2) is 42.7 Å². The molecule has 3 heterocycles. The Bertz CT molecular complexity index is 946. The number of tetrazole rings is 1. The first kappa shape index (κ1) is 19.1. The molecule has 2 aromatic heterocycles. The number of anilines is 1. The van der Waals surface area contributed by atoms with E-state index < -0.39 is 0 Å². The van der Waals surface area contributed by atoms with Gasteiger partial charge in [0.05, 0.1) is 18.2 Å². The largest absolute Gasteiger partial charge is 0.340 e. The lowest BCUT2D eigenvalue weighted by Crippen LogP contribution is -2.37. The molecule has 4 rings (SSSR count). The average molecular weight is 390 g/mol. The van der Waals surface area contributed by atoms with Crippen LogP contribution >= 0.6 is 0 Å². The van der Waals surface area contributed by atoms with Gasteiger partial charge in [-0.3, -0.25) is 4.68 Å². The molecular formula is C21H26N8. The van der Waals surface area contributed by atoms with Crippen LogP contribution in [0.5, 0.6) is 0 Å². The predicted molar refractivity (Wildman–Crippen MR) is 109 cm³/mol. The molecule has 8 heteroatoms. The number of nitrogens with zero attached hydrogens (tertiary/aromatic N) is 8. The van der Waals surface area contributed by atoms with Gasteiger partial charge in [-0.2, -0.15) is 10.4 Å². The van der Waals surface area contributed by atoms with Gasteiger partial charge in [-0.05, 0) is 53.2 Å². The Morgan fingerprint density at radius 2 is 2.00 bits per heavy atom. The van der Waals surface area contributed by atoms with E-state index in [1.165, 1.54) is 5.56 Å². The van der Waals surface area contributed by atoms with Crippen molar-refractivity contribution in [1.29, 1.82) is 5.26 Å². The van der Waals surface area contributed by atoms with Gasteiger partial charge in [0.15, 0.2) is 0 Å². The van der Waals surface area contributed by atoms with Crippen LogP contribution in [0.3, 0.4) is 0 Å². The van der Waals surface area contributed by atoms with Crippen LogP contribution in [-0.2, 0) is 20.0 Å². The number of hydrogen-bond donors (Lipinski definition) is 0.